The summed E-state index contributed by atoms with van der Waals surface area (Å²) in [5.41, 5.74) is -4.29. The quantitative estimate of drug-likeness (QED) is 0.537. The maximum absolute atomic E-state index is 11.7. The first kappa shape index (κ1) is 11.4. The van der Waals surface area contributed by atoms with Gasteiger partial charge in [0.2, 0.25) is 6.41 Å². The van der Waals surface area contributed by atoms with Crippen LogP contribution in [0, 0.1) is 0 Å². The average Bonchev–Trinajstić information content (AvgIpc) is 1.95. The van der Waals surface area contributed by atoms with Gasteiger partial charge < -0.3 is 5.32 Å². The van der Waals surface area contributed by atoms with Gasteiger partial charge in [-0.2, -0.15) is 13.2 Å². The van der Waals surface area contributed by atoms with Crippen LogP contribution in [0.2, 0.25) is 0 Å². The van der Waals surface area contributed by atoms with Gasteiger partial charge in [0.05, 0.1) is 0 Å². The fourth-order valence-electron chi connectivity index (χ4n) is 0.509. The molecule has 0 spiro atoms. The highest BCUT2D eigenvalue weighted by Crippen LogP contribution is 2.33. The van der Waals surface area contributed by atoms with E-state index in [-0.39, 0.29) is 18.3 Å². The average molecular weight is 199 g/mol. The maximum atomic E-state index is 11.7. The van der Waals surface area contributed by atoms with E-state index in [0.717, 1.165) is 6.08 Å². The minimum atomic E-state index is -4.29. The monoisotopic (exact) mass is 199 g/mol. The van der Waals surface area contributed by atoms with Crippen LogP contribution < -0.4 is 5.32 Å². The Balaban J connectivity index is 3.82. The molecule has 0 bridgehead atoms. The van der Waals surface area contributed by atoms with Crippen molar-refractivity contribution >= 4 is 18.2 Å². The molecular weight excluding hydrogens is 191 g/mol. The second-order valence-corrected chi connectivity index (χ2v) is 3.17. The van der Waals surface area contributed by atoms with E-state index in [4.69, 9.17) is 0 Å². The molecule has 12 heavy (non-hydrogen) atoms. The van der Waals surface area contributed by atoms with Crippen molar-refractivity contribution in [1.29, 1.82) is 0 Å². The first-order chi connectivity index (χ1) is 5.49. The number of carbonyl (C=O) groups is 1. The summed E-state index contributed by atoms with van der Waals surface area (Å²) in [6, 6.07) is 0. The molecule has 0 aromatic heterocycles. The molecule has 0 rings (SSSR count). The summed E-state index contributed by atoms with van der Waals surface area (Å²) in [6.45, 7) is 3.16. The van der Waals surface area contributed by atoms with Crippen molar-refractivity contribution in [2.75, 3.05) is 6.54 Å². The van der Waals surface area contributed by atoms with E-state index in [1.54, 1.807) is 0 Å². The lowest BCUT2D eigenvalue weighted by Gasteiger charge is -2.12. The van der Waals surface area contributed by atoms with Gasteiger partial charge >= 0.3 is 5.51 Å². The van der Waals surface area contributed by atoms with E-state index in [9.17, 15) is 18.0 Å². The maximum Gasteiger partial charge on any atom is 0.442 e. The van der Waals surface area contributed by atoms with Gasteiger partial charge in [-0.3, -0.25) is 4.79 Å². The van der Waals surface area contributed by atoms with Gasteiger partial charge in [-0.15, -0.1) is 6.58 Å². The molecule has 0 saturated heterocycles. The molecule has 0 aliphatic rings. The van der Waals surface area contributed by atoms with Gasteiger partial charge in [0.1, 0.15) is 0 Å². The Morgan fingerprint density at radius 2 is 2.17 bits per heavy atom. The Morgan fingerprint density at radius 1 is 1.58 bits per heavy atom. The molecule has 1 unspecified atom stereocenters. The number of rotatable bonds is 5. The number of hydrogen-bond acceptors (Lipinski definition) is 2. The van der Waals surface area contributed by atoms with Crippen molar-refractivity contribution in [2.24, 2.45) is 0 Å². The fourth-order valence-corrected chi connectivity index (χ4v) is 1.13. The smallest absolute Gasteiger partial charge is 0.357 e. The van der Waals surface area contributed by atoms with Crippen LogP contribution in [0.25, 0.3) is 0 Å². The number of thioether (sulfide) groups is 1. The summed E-state index contributed by atoms with van der Waals surface area (Å²) in [6.07, 6.45) is 1.50. The summed E-state index contributed by atoms with van der Waals surface area (Å²) in [5, 5.41) is 1.33. The van der Waals surface area contributed by atoms with Crippen LogP contribution in [0.3, 0.4) is 0 Å². The number of hydrogen-bond donors (Lipinski definition) is 1. The van der Waals surface area contributed by atoms with E-state index in [0.29, 0.717) is 6.41 Å². The van der Waals surface area contributed by atoms with Crippen LogP contribution in [0.15, 0.2) is 12.7 Å². The zero-order chi connectivity index (χ0) is 9.61. The Hall–Kier alpha value is -0.650. The van der Waals surface area contributed by atoms with Gasteiger partial charge in [-0.25, -0.2) is 0 Å². The van der Waals surface area contributed by atoms with E-state index in [1.165, 1.54) is 0 Å². The molecule has 0 heterocycles. The first-order valence-corrected chi connectivity index (χ1v) is 3.91. The van der Waals surface area contributed by atoms with Crippen molar-refractivity contribution in [3.63, 3.8) is 0 Å². The molecule has 2 nitrogen and oxygen atoms in total. The minimum Gasteiger partial charge on any atom is -0.357 e. The molecule has 0 fully saturated rings. The van der Waals surface area contributed by atoms with Crippen molar-refractivity contribution in [1.82, 2.24) is 5.32 Å². The van der Waals surface area contributed by atoms with Crippen LogP contribution in [0.1, 0.15) is 0 Å². The van der Waals surface area contributed by atoms with Crippen LogP contribution in [-0.2, 0) is 4.79 Å². The number of amides is 1. The van der Waals surface area contributed by atoms with E-state index in [2.05, 4.69) is 11.9 Å². The van der Waals surface area contributed by atoms with Crippen molar-refractivity contribution in [3.8, 4) is 0 Å². The van der Waals surface area contributed by atoms with E-state index in [1.807, 2.05) is 0 Å². The molecule has 0 saturated carbocycles. The molecule has 0 aliphatic heterocycles. The van der Waals surface area contributed by atoms with Gasteiger partial charge in [0.25, 0.3) is 0 Å². The number of carbonyl (C=O) groups excluding carboxylic acids is 1. The highest BCUT2D eigenvalue weighted by atomic mass is 32.2. The Bertz CT molecular complexity index is 159. The zero-order valence-electron chi connectivity index (χ0n) is 6.10. The van der Waals surface area contributed by atoms with Crippen molar-refractivity contribution in [3.05, 3.63) is 12.7 Å². The molecule has 1 atom stereocenters. The lowest BCUT2D eigenvalue weighted by Crippen LogP contribution is -2.24. The summed E-state index contributed by atoms with van der Waals surface area (Å²) in [4.78, 5) is 9.75. The highest BCUT2D eigenvalue weighted by Gasteiger charge is 2.31. The van der Waals surface area contributed by atoms with E-state index < -0.39 is 10.8 Å². The number of nitrogens with one attached hydrogen (secondary N) is 1. The predicted octanol–water partition coefficient (Wildman–Crippen LogP) is 1.54. The normalized spacial score (nSPS) is 13.6. The summed E-state index contributed by atoms with van der Waals surface area (Å²) < 4.78 is 35.2. The third-order valence-electron chi connectivity index (χ3n) is 0.950. The molecule has 0 aromatic rings. The Labute approximate surface area is 72.2 Å². The lowest BCUT2D eigenvalue weighted by molar-refractivity contribution is -0.109. The van der Waals surface area contributed by atoms with Gasteiger partial charge in [-0.1, -0.05) is 6.08 Å². The summed E-state index contributed by atoms with van der Waals surface area (Å²) >= 11 is -0.198. The molecule has 1 N–H and O–H groups in total. The molecule has 0 radical (unpaired) electrons. The van der Waals surface area contributed by atoms with Crippen LogP contribution in [0.4, 0.5) is 13.2 Å². The Kier molecular flexibility index (Phi) is 4.80. The van der Waals surface area contributed by atoms with Crippen LogP contribution >= 0.6 is 11.8 Å². The predicted molar refractivity (Wildman–Crippen MR) is 41.7 cm³/mol. The first-order valence-electron chi connectivity index (χ1n) is 3.03. The third-order valence-corrected chi connectivity index (χ3v) is 1.88. The largest absolute Gasteiger partial charge is 0.442 e. The molecule has 0 aliphatic carbocycles. The van der Waals surface area contributed by atoms with Gasteiger partial charge in [0.15, 0.2) is 0 Å². The molecular formula is C6H8F3NOS. The topological polar surface area (TPSA) is 29.1 Å². The second-order valence-electron chi connectivity index (χ2n) is 1.86. The third kappa shape index (κ3) is 6.09. The van der Waals surface area contributed by atoms with Crippen LogP contribution in [0.5, 0.6) is 0 Å². The molecule has 70 valence electrons. The van der Waals surface area contributed by atoms with Gasteiger partial charge in [0, 0.05) is 11.8 Å². The molecule has 6 heteroatoms. The second kappa shape index (κ2) is 5.08. The number of alkyl halides is 3. The van der Waals surface area contributed by atoms with Crippen molar-refractivity contribution < 1.29 is 18.0 Å². The van der Waals surface area contributed by atoms with E-state index >= 15 is 0 Å². The Morgan fingerprint density at radius 3 is 2.50 bits per heavy atom. The molecule has 0 aromatic carbocycles. The minimum absolute atomic E-state index is 0.0584. The number of halogens is 3. The van der Waals surface area contributed by atoms with Crippen LogP contribution in [-0.4, -0.2) is 23.7 Å². The highest BCUT2D eigenvalue weighted by molar-refractivity contribution is 8.00. The fraction of sp³-hybridized carbons (Fsp3) is 0.500. The zero-order valence-corrected chi connectivity index (χ0v) is 6.91. The van der Waals surface area contributed by atoms with Gasteiger partial charge in [-0.05, 0) is 11.8 Å². The van der Waals surface area contributed by atoms with Crippen molar-refractivity contribution in [2.45, 2.75) is 10.8 Å². The summed E-state index contributed by atoms with van der Waals surface area (Å²) in [7, 11) is 0. The summed E-state index contributed by atoms with van der Waals surface area (Å²) in [5.74, 6) is 0. The lowest BCUT2D eigenvalue weighted by atomic mass is 10.4. The SMILES string of the molecule is C=CC(CNC=O)SC(F)(F)F. The molecule has 1 amide bonds. The standard InChI is InChI=1S/C6H8F3NOS/c1-2-5(3-10-4-11)12-6(7,8)9/h2,4-5H,1,3H2,(H,10,11).